The summed E-state index contributed by atoms with van der Waals surface area (Å²) in [4.78, 5) is 0. The summed E-state index contributed by atoms with van der Waals surface area (Å²) in [6.45, 7) is 6.68. The lowest BCUT2D eigenvalue weighted by molar-refractivity contribution is 0.352. The van der Waals surface area contributed by atoms with Gasteiger partial charge in [0, 0.05) is 11.3 Å². The van der Waals surface area contributed by atoms with Crippen LogP contribution in [0.1, 0.15) is 12.8 Å². The maximum Gasteiger partial charge on any atom is 0.241 e. The highest BCUT2D eigenvalue weighted by molar-refractivity contribution is 6.70. The van der Waals surface area contributed by atoms with E-state index in [1.807, 2.05) is 0 Å². The molecule has 1 fully saturated rings. The van der Waals surface area contributed by atoms with E-state index >= 15 is 0 Å². The predicted molar refractivity (Wildman–Crippen MR) is 58.4 cm³/mol. The molecule has 2 rings (SSSR count). The van der Waals surface area contributed by atoms with Crippen LogP contribution in [0, 0.1) is 11.8 Å². The zero-order chi connectivity index (χ0) is 9.64. The predicted octanol–water partition coefficient (Wildman–Crippen LogP) is 3.37. The first kappa shape index (κ1) is 9.60. The van der Waals surface area contributed by atoms with Crippen LogP contribution in [0.2, 0.25) is 19.6 Å². The number of alkyl halides is 1. The highest BCUT2D eigenvalue weighted by atomic mass is 35.5. The Kier molecular flexibility index (Phi) is 2.23. The molecule has 74 valence electrons. The van der Waals surface area contributed by atoms with Crippen molar-refractivity contribution >= 4 is 19.9 Å². The molecule has 0 aliphatic heterocycles. The number of hydrogen-bond donors (Lipinski definition) is 0. The molecule has 2 aliphatic rings. The maximum atomic E-state index is 6.28. The molecule has 0 radical (unpaired) electrons. The number of allylic oxidation sites excluding steroid dienone is 2. The lowest BCUT2D eigenvalue weighted by Crippen LogP contribution is -2.27. The van der Waals surface area contributed by atoms with E-state index in [9.17, 15) is 0 Å². The molecular formula is C10H17ClOSi. The quantitative estimate of drug-likeness (QED) is 0.508. The van der Waals surface area contributed by atoms with Gasteiger partial charge in [-0.25, -0.2) is 0 Å². The van der Waals surface area contributed by atoms with Crippen molar-refractivity contribution in [2.24, 2.45) is 11.8 Å². The molecule has 2 aliphatic carbocycles. The highest BCUT2D eigenvalue weighted by Crippen LogP contribution is 2.47. The largest absolute Gasteiger partial charge is 0.547 e. The molecule has 0 heterocycles. The molecule has 0 aromatic rings. The van der Waals surface area contributed by atoms with Gasteiger partial charge in [0.2, 0.25) is 8.32 Å². The van der Waals surface area contributed by atoms with E-state index in [0.717, 1.165) is 0 Å². The van der Waals surface area contributed by atoms with Gasteiger partial charge in [0.05, 0.1) is 5.76 Å². The second kappa shape index (κ2) is 3.02. The van der Waals surface area contributed by atoms with Gasteiger partial charge >= 0.3 is 0 Å². The van der Waals surface area contributed by atoms with Crippen molar-refractivity contribution in [2.75, 3.05) is 0 Å². The van der Waals surface area contributed by atoms with Crippen LogP contribution in [0.4, 0.5) is 0 Å². The van der Waals surface area contributed by atoms with E-state index in [4.69, 9.17) is 16.0 Å². The standard InChI is InChI=1S/C10H17ClOSi/c1-13(2,3)12-9-6-7-4-5-8(9)10(7)11/h6-8,10H,4-5H2,1-3H3/t7-,8+,10+/m1/s1. The summed E-state index contributed by atoms with van der Waals surface area (Å²) < 4.78 is 6.02. The van der Waals surface area contributed by atoms with Crippen LogP contribution in [-0.2, 0) is 4.43 Å². The third kappa shape index (κ3) is 1.79. The molecule has 3 atom stereocenters. The monoisotopic (exact) mass is 216 g/mol. The zero-order valence-corrected chi connectivity index (χ0v) is 10.3. The number of hydrogen-bond acceptors (Lipinski definition) is 1. The molecule has 0 unspecified atom stereocenters. The summed E-state index contributed by atoms with van der Waals surface area (Å²) in [6, 6.07) is 0. The highest BCUT2D eigenvalue weighted by Gasteiger charge is 2.43. The molecule has 1 saturated carbocycles. The van der Waals surface area contributed by atoms with E-state index in [-0.39, 0.29) is 0 Å². The average molecular weight is 217 g/mol. The minimum absolute atomic E-state index is 0.325. The lowest BCUT2D eigenvalue weighted by atomic mass is 10.1. The summed E-state index contributed by atoms with van der Waals surface area (Å²) in [5, 5.41) is 0.325. The molecule has 2 bridgehead atoms. The third-order valence-electron chi connectivity index (χ3n) is 2.77. The number of rotatable bonds is 2. The van der Waals surface area contributed by atoms with Crippen molar-refractivity contribution in [2.45, 2.75) is 37.9 Å². The maximum absolute atomic E-state index is 6.28. The van der Waals surface area contributed by atoms with Crippen molar-refractivity contribution in [3.05, 3.63) is 11.8 Å². The number of fused-ring (bicyclic) bond motifs is 2. The summed E-state index contributed by atoms with van der Waals surface area (Å²) >= 11 is 6.28. The minimum Gasteiger partial charge on any atom is -0.547 e. The Labute approximate surface area is 86.2 Å². The van der Waals surface area contributed by atoms with Crippen molar-refractivity contribution in [1.29, 1.82) is 0 Å². The van der Waals surface area contributed by atoms with Crippen molar-refractivity contribution in [1.82, 2.24) is 0 Å². The van der Waals surface area contributed by atoms with Crippen LogP contribution in [0.25, 0.3) is 0 Å². The van der Waals surface area contributed by atoms with Crippen molar-refractivity contribution in [3.63, 3.8) is 0 Å². The van der Waals surface area contributed by atoms with Gasteiger partial charge < -0.3 is 4.43 Å². The van der Waals surface area contributed by atoms with Crippen LogP contribution in [0.5, 0.6) is 0 Å². The fraction of sp³-hybridized carbons (Fsp3) is 0.800. The first-order valence-electron chi connectivity index (χ1n) is 5.02. The fourth-order valence-electron chi connectivity index (χ4n) is 2.26. The Morgan fingerprint density at radius 1 is 1.38 bits per heavy atom. The minimum atomic E-state index is -1.42. The van der Waals surface area contributed by atoms with Gasteiger partial charge in [0.1, 0.15) is 0 Å². The first-order valence-corrected chi connectivity index (χ1v) is 8.86. The Morgan fingerprint density at radius 2 is 2.08 bits per heavy atom. The van der Waals surface area contributed by atoms with E-state index in [0.29, 0.717) is 17.2 Å². The van der Waals surface area contributed by atoms with Crippen LogP contribution in [0.3, 0.4) is 0 Å². The van der Waals surface area contributed by atoms with Crippen LogP contribution >= 0.6 is 11.6 Å². The Morgan fingerprint density at radius 3 is 2.46 bits per heavy atom. The molecular weight excluding hydrogens is 200 g/mol. The summed E-state index contributed by atoms with van der Waals surface area (Å²) in [5.41, 5.74) is 0. The van der Waals surface area contributed by atoms with Crippen molar-refractivity contribution in [3.8, 4) is 0 Å². The zero-order valence-electron chi connectivity index (χ0n) is 8.51. The van der Waals surface area contributed by atoms with Crippen LogP contribution < -0.4 is 0 Å². The van der Waals surface area contributed by atoms with Crippen LogP contribution in [0.15, 0.2) is 11.8 Å². The van der Waals surface area contributed by atoms with Gasteiger partial charge in [-0.3, -0.25) is 0 Å². The second-order valence-corrected chi connectivity index (χ2v) is 10.0. The normalized spacial score (nSPS) is 37.8. The van der Waals surface area contributed by atoms with E-state index < -0.39 is 8.32 Å². The van der Waals surface area contributed by atoms with Gasteiger partial charge in [0.15, 0.2) is 0 Å². The molecule has 0 saturated heterocycles. The topological polar surface area (TPSA) is 9.23 Å². The van der Waals surface area contributed by atoms with Gasteiger partial charge in [-0.1, -0.05) is 0 Å². The lowest BCUT2D eigenvalue weighted by Gasteiger charge is -2.24. The molecule has 13 heavy (non-hydrogen) atoms. The van der Waals surface area contributed by atoms with Gasteiger partial charge in [-0.2, -0.15) is 0 Å². The van der Waals surface area contributed by atoms with Gasteiger partial charge in [-0.05, 0) is 44.5 Å². The summed E-state index contributed by atoms with van der Waals surface area (Å²) in [7, 11) is -1.42. The van der Waals surface area contributed by atoms with E-state index in [2.05, 4.69) is 25.7 Å². The van der Waals surface area contributed by atoms with Gasteiger partial charge in [0.25, 0.3) is 0 Å². The Hall–Kier alpha value is 0.0469. The third-order valence-corrected chi connectivity index (χ3v) is 4.25. The molecule has 0 N–H and O–H groups in total. The molecule has 0 spiro atoms. The Balaban J connectivity index is 2.07. The Bertz CT molecular complexity index is 244. The molecule has 0 amide bonds. The molecule has 1 nitrogen and oxygen atoms in total. The van der Waals surface area contributed by atoms with Crippen molar-refractivity contribution < 1.29 is 4.43 Å². The summed E-state index contributed by atoms with van der Waals surface area (Å²) in [6.07, 6.45) is 4.76. The number of halogens is 1. The first-order chi connectivity index (χ1) is 5.97. The van der Waals surface area contributed by atoms with Crippen LogP contribution in [-0.4, -0.2) is 13.7 Å². The van der Waals surface area contributed by atoms with E-state index in [1.165, 1.54) is 18.6 Å². The smallest absolute Gasteiger partial charge is 0.241 e. The SMILES string of the molecule is C[Si](C)(C)OC1=C[C@H]2CC[C@@H]1[C@H]2Cl. The average Bonchev–Trinajstić information content (AvgIpc) is 2.42. The van der Waals surface area contributed by atoms with E-state index in [1.54, 1.807) is 0 Å². The second-order valence-electron chi connectivity index (χ2n) is 5.08. The molecule has 0 aromatic carbocycles. The van der Waals surface area contributed by atoms with Gasteiger partial charge in [-0.15, -0.1) is 11.6 Å². The molecule has 0 aromatic heterocycles. The fourth-order valence-corrected chi connectivity index (χ4v) is 3.64. The summed E-state index contributed by atoms with van der Waals surface area (Å²) in [5.74, 6) is 2.33. The molecule has 3 heteroatoms.